The van der Waals surface area contributed by atoms with E-state index < -0.39 is 0 Å². The molecule has 0 radical (unpaired) electrons. The first-order valence-corrected chi connectivity index (χ1v) is 7.49. The Bertz CT molecular complexity index is 304. The Hall–Kier alpha value is -0.340. The molecule has 114 valence electrons. The van der Waals surface area contributed by atoms with Crippen LogP contribution in [-0.2, 0) is 4.74 Å². The number of ether oxygens (including phenoxy) is 1. The van der Waals surface area contributed by atoms with Crippen molar-refractivity contribution in [1.29, 1.82) is 0 Å². The topological polar surface area (TPSA) is 29.5 Å². The molecule has 1 unspecified atom stereocenters. The molecule has 0 saturated heterocycles. The van der Waals surface area contributed by atoms with Crippen molar-refractivity contribution in [3.8, 4) is 0 Å². The molecular weight excluding hydrogens is 236 g/mol. The molecule has 0 aliphatic heterocycles. The van der Waals surface area contributed by atoms with Crippen molar-refractivity contribution in [1.82, 2.24) is 0 Å². The summed E-state index contributed by atoms with van der Waals surface area (Å²) in [6.45, 7) is 17.1. The lowest BCUT2D eigenvalue weighted by molar-refractivity contribution is -0.0166. The molecule has 2 heteroatoms. The molecule has 0 spiro atoms. The van der Waals surface area contributed by atoms with E-state index in [0.29, 0.717) is 5.92 Å². The molecule has 0 amide bonds. The highest BCUT2D eigenvalue weighted by atomic mass is 16.5. The molecule has 4 atom stereocenters. The van der Waals surface area contributed by atoms with E-state index in [1.165, 1.54) is 11.1 Å². The maximum absolute atomic E-state index is 10.7. The van der Waals surface area contributed by atoms with E-state index in [2.05, 4.69) is 55.4 Å². The molecule has 2 nitrogen and oxygen atoms in total. The summed E-state index contributed by atoms with van der Waals surface area (Å²) in [4.78, 5) is 0. The highest BCUT2D eigenvalue weighted by Crippen LogP contribution is 2.38. The van der Waals surface area contributed by atoms with Gasteiger partial charge in [-0.05, 0) is 37.7 Å². The number of hydrogen-bond donors (Lipinski definition) is 1. The summed E-state index contributed by atoms with van der Waals surface area (Å²) in [5, 5.41) is 10.7. The van der Waals surface area contributed by atoms with Crippen LogP contribution in [0.1, 0.15) is 61.8 Å². The molecule has 0 fully saturated rings. The Morgan fingerprint density at radius 3 is 1.95 bits per heavy atom. The Balaban J connectivity index is 5.16. The third-order valence-corrected chi connectivity index (χ3v) is 5.39. The number of aliphatic hydroxyl groups is 1. The van der Waals surface area contributed by atoms with Gasteiger partial charge in [-0.2, -0.15) is 0 Å². The van der Waals surface area contributed by atoms with Crippen molar-refractivity contribution < 1.29 is 9.84 Å². The highest BCUT2D eigenvalue weighted by Gasteiger charge is 2.36. The largest absolute Gasteiger partial charge is 0.392 e. The summed E-state index contributed by atoms with van der Waals surface area (Å²) in [6, 6.07) is 0. The third kappa shape index (κ3) is 4.32. The van der Waals surface area contributed by atoms with Gasteiger partial charge in [-0.15, -0.1) is 0 Å². The van der Waals surface area contributed by atoms with E-state index >= 15 is 0 Å². The van der Waals surface area contributed by atoms with Crippen molar-refractivity contribution in [3.63, 3.8) is 0 Å². The number of hydrogen-bond acceptors (Lipinski definition) is 2. The minimum absolute atomic E-state index is 0.0774. The summed E-state index contributed by atoms with van der Waals surface area (Å²) >= 11 is 0. The van der Waals surface area contributed by atoms with Gasteiger partial charge in [0.15, 0.2) is 0 Å². The molecule has 1 N–H and O–H groups in total. The van der Waals surface area contributed by atoms with Crippen molar-refractivity contribution in [3.05, 3.63) is 11.1 Å². The first-order chi connectivity index (χ1) is 8.61. The van der Waals surface area contributed by atoms with Crippen molar-refractivity contribution in [2.45, 2.75) is 74.0 Å². The fourth-order valence-corrected chi connectivity index (χ4v) is 2.56. The Morgan fingerprint density at radius 2 is 1.58 bits per heavy atom. The summed E-state index contributed by atoms with van der Waals surface area (Å²) in [7, 11) is 1.73. The average Bonchev–Trinajstić information content (AvgIpc) is 2.41. The van der Waals surface area contributed by atoms with Gasteiger partial charge in [0.1, 0.15) is 0 Å². The molecule has 0 aromatic heterocycles. The standard InChI is InChI=1S/C17H34O2/c1-10-11(2)17(7,8)16(18)14(5)12(3)13(4)15(6)19-9/h11,14-16,18H,10H2,1-9H3/b13-12+/t11-,14?,15-,16-/m0/s1. The number of rotatable bonds is 7. The zero-order chi connectivity index (χ0) is 15.4. The minimum atomic E-state index is -0.332. The van der Waals surface area contributed by atoms with Gasteiger partial charge < -0.3 is 9.84 Å². The average molecular weight is 270 g/mol. The summed E-state index contributed by atoms with van der Waals surface area (Å²) in [5.41, 5.74) is 2.40. The molecular formula is C17H34O2. The van der Waals surface area contributed by atoms with E-state index in [1.54, 1.807) is 7.11 Å². The van der Waals surface area contributed by atoms with E-state index in [9.17, 15) is 5.11 Å². The fourth-order valence-electron chi connectivity index (χ4n) is 2.56. The highest BCUT2D eigenvalue weighted by molar-refractivity contribution is 5.18. The van der Waals surface area contributed by atoms with Crippen LogP contribution in [0.5, 0.6) is 0 Å². The van der Waals surface area contributed by atoms with Crippen LogP contribution < -0.4 is 0 Å². The molecule has 0 aromatic rings. The van der Waals surface area contributed by atoms with Crippen LogP contribution in [0.3, 0.4) is 0 Å². The van der Waals surface area contributed by atoms with Gasteiger partial charge >= 0.3 is 0 Å². The SMILES string of the molecule is CC[C@H](C)C(C)(C)[C@@H](O)C(C)/C(C)=C(\C)[C@H](C)OC. The van der Waals surface area contributed by atoms with Crippen LogP contribution in [0.15, 0.2) is 11.1 Å². The van der Waals surface area contributed by atoms with Gasteiger partial charge in [-0.25, -0.2) is 0 Å². The fraction of sp³-hybridized carbons (Fsp3) is 0.882. The molecule has 0 rings (SSSR count). The lowest BCUT2D eigenvalue weighted by atomic mass is 9.69. The predicted octanol–water partition coefficient (Wildman–Crippen LogP) is 4.43. The molecule has 0 saturated carbocycles. The van der Waals surface area contributed by atoms with Gasteiger partial charge in [0.25, 0.3) is 0 Å². The molecule has 0 bridgehead atoms. The predicted molar refractivity (Wildman–Crippen MR) is 83.3 cm³/mol. The van der Waals surface area contributed by atoms with Crippen LogP contribution in [0, 0.1) is 17.3 Å². The van der Waals surface area contributed by atoms with E-state index in [0.717, 1.165) is 6.42 Å². The molecule has 0 aliphatic carbocycles. The van der Waals surface area contributed by atoms with Crippen molar-refractivity contribution in [2.75, 3.05) is 7.11 Å². The zero-order valence-electron chi connectivity index (χ0n) is 14.4. The number of methoxy groups -OCH3 is 1. The second-order valence-electron chi connectivity index (χ2n) is 6.61. The third-order valence-electron chi connectivity index (χ3n) is 5.39. The monoisotopic (exact) mass is 270 g/mol. The summed E-state index contributed by atoms with van der Waals surface area (Å²) in [5.74, 6) is 0.652. The first kappa shape index (κ1) is 18.7. The normalized spacial score (nSPS) is 20.5. The summed E-state index contributed by atoms with van der Waals surface area (Å²) < 4.78 is 5.38. The van der Waals surface area contributed by atoms with Crippen LogP contribution >= 0.6 is 0 Å². The zero-order valence-corrected chi connectivity index (χ0v) is 14.4. The molecule has 0 aliphatic rings. The van der Waals surface area contributed by atoms with Crippen LogP contribution in [0.2, 0.25) is 0 Å². The van der Waals surface area contributed by atoms with Gasteiger partial charge in [0.05, 0.1) is 12.2 Å². The Morgan fingerprint density at radius 1 is 1.11 bits per heavy atom. The van der Waals surface area contributed by atoms with Gasteiger partial charge in [0.2, 0.25) is 0 Å². The lowest BCUT2D eigenvalue weighted by Crippen LogP contribution is -2.40. The Kier molecular flexibility index (Phi) is 7.31. The number of aliphatic hydroxyl groups excluding tert-OH is 1. The van der Waals surface area contributed by atoms with Crippen LogP contribution in [0.25, 0.3) is 0 Å². The maximum Gasteiger partial charge on any atom is 0.0753 e. The maximum atomic E-state index is 10.7. The van der Waals surface area contributed by atoms with E-state index in [-0.39, 0.29) is 23.5 Å². The van der Waals surface area contributed by atoms with Crippen molar-refractivity contribution >= 4 is 0 Å². The van der Waals surface area contributed by atoms with Gasteiger partial charge in [-0.1, -0.05) is 46.6 Å². The quantitative estimate of drug-likeness (QED) is 0.694. The van der Waals surface area contributed by atoms with Crippen LogP contribution in [-0.4, -0.2) is 24.4 Å². The summed E-state index contributed by atoms with van der Waals surface area (Å²) in [6.07, 6.45) is 0.871. The first-order valence-electron chi connectivity index (χ1n) is 7.49. The van der Waals surface area contributed by atoms with Crippen LogP contribution in [0.4, 0.5) is 0 Å². The lowest BCUT2D eigenvalue weighted by Gasteiger charge is -2.40. The molecule has 19 heavy (non-hydrogen) atoms. The second kappa shape index (κ2) is 7.44. The minimum Gasteiger partial charge on any atom is -0.392 e. The van der Waals surface area contributed by atoms with E-state index in [1.807, 2.05) is 0 Å². The van der Waals surface area contributed by atoms with Gasteiger partial charge in [-0.3, -0.25) is 0 Å². The Labute approximate surface area is 120 Å². The molecule has 0 heterocycles. The van der Waals surface area contributed by atoms with Gasteiger partial charge in [0, 0.05) is 13.0 Å². The van der Waals surface area contributed by atoms with Crippen molar-refractivity contribution in [2.24, 2.45) is 17.3 Å². The molecule has 0 aromatic carbocycles. The smallest absolute Gasteiger partial charge is 0.0753 e. The van der Waals surface area contributed by atoms with E-state index in [4.69, 9.17) is 4.74 Å². The second-order valence-corrected chi connectivity index (χ2v) is 6.61.